The van der Waals surface area contributed by atoms with Crippen LogP contribution in [0.25, 0.3) is 5.57 Å². The molecule has 0 fully saturated rings. The van der Waals surface area contributed by atoms with Crippen LogP contribution in [0.3, 0.4) is 0 Å². The fourth-order valence-corrected chi connectivity index (χ4v) is 4.15. The lowest BCUT2D eigenvalue weighted by molar-refractivity contribution is 0.377. The summed E-state index contributed by atoms with van der Waals surface area (Å²) in [6, 6.07) is 25.8. The second-order valence-corrected chi connectivity index (χ2v) is 7.95. The zero-order valence-electron chi connectivity index (χ0n) is 17.6. The molecule has 0 aliphatic heterocycles. The number of ether oxygens (including phenoxy) is 2. The van der Waals surface area contributed by atoms with Gasteiger partial charge in [0.1, 0.15) is 11.5 Å². The van der Waals surface area contributed by atoms with Crippen LogP contribution in [0.5, 0.6) is 11.5 Å². The number of nitrogens with zero attached hydrogens (tertiary/aromatic N) is 2. The molecule has 4 rings (SSSR count). The summed E-state index contributed by atoms with van der Waals surface area (Å²) in [5.74, 6) is 1.09. The summed E-state index contributed by atoms with van der Waals surface area (Å²) in [6.07, 6.45) is 12.9. The molecule has 3 aromatic carbocycles. The summed E-state index contributed by atoms with van der Waals surface area (Å²) in [6.45, 7) is 0. The van der Waals surface area contributed by atoms with E-state index in [4.69, 9.17) is 20.0 Å². The van der Waals surface area contributed by atoms with Crippen LogP contribution in [-0.2, 0) is 12.8 Å². The Labute approximate surface area is 188 Å². The number of allylic oxidation sites excluding steroid dienone is 4. The zero-order chi connectivity index (χ0) is 22.2. The summed E-state index contributed by atoms with van der Waals surface area (Å²) in [5.41, 5.74) is 4.72. The van der Waals surface area contributed by atoms with Gasteiger partial charge in [0.2, 0.25) is 0 Å². The summed E-state index contributed by atoms with van der Waals surface area (Å²) >= 11 is 0. The van der Waals surface area contributed by atoms with E-state index in [1.807, 2.05) is 54.6 Å². The van der Waals surface area contributed by atoms with Crippen LogP contribution in [-0.4, -0.2) is 0 Å². The van der Waals surface area contributed by atoms with Crippen LogP contribution in [0, 0.1) is 28.4 Å². The van der Waals surface area contributed by atoms with Crippen molar-refractivity contribution in [2.45, 2.75) is 19.3 Å². The van der Waals surface area contributed by atoms with Gasteiger partial charge in [-0.3, -0.25) is 0 Å². The fourth-order valence-electron chi connectivity index (χ4n) is 4.15. The van der Waals surface area contributed by atoms with Crippen LogP contribution in [0.4, 0.5) is 0 Å². The van der Waals surface area contributed by atoms with Gasteiger partial charge in [0.15, 0.2) is 0 Å². The first-order valence-corrected chi connectivity index (χ1v) is 10.4. The fraction of sp³-hybridized carbons (Fsp3) is 0.143. The summed E-state index contributed by atoms with van der Waals surface area (Å²) < 4.78 is 9.83. The Morgan fingerprint density at radius 2 is 1.25 bits per heavy atom. The maximum absolute atomic E-state index is 8.71. The molecule has 32 heavy (non-hydrogen) atoms. The van der Waals surface area contributed by atoms with Gasteiger partial charge in [-0.2, -0.15) is 0 Å². The van der Waals surface area contributed by atoms with Gasteiger partial charge in [0.05, 0.1) is 0 Å². The highest BCUT2D eigenvalue weighted by Crippen LogP contribution is 2.39. The molecule has 156 valence electrons. The van der Waals surface area contributed by atoms with E-state index in [-0.39, 0.29) is 5.41 Å². The lowest BCUT2D eigenvalue weighted by Gasteiger charge is -2.33. The van der Waals surface area contributed by atoms with E-state index in [1.165, 1.54) is 22.3 Å². The van der Waals surface area contributed by atoms with Crippen molar-refractivity contribution >= 4 is 5.57 Å². The van der Waals surface area contributed by atoms with Gasteiger partial charge in [-0.1, -0.05) is 72.8 Å². The van der Waals surface area contributed by atoms with Crippen molar-refractivity contribution in [3.63, 3.8) is 0 Å². The largest absolute Gasteiger partial charge is 0.388 e. The average molecular weight is 418 g/mol. The van der Waals surface area contributed by atoms with Gasteiger partial charge in [-0.05, 0) is 65.8 Å². The summed E-state index contributed by atoms with van der Waals surface area (Å²) in [5, 5.41) is 17.4. The summed E-state index contributed by atoms with van der Waals surface area (Å²) in [4.78, 5) is 0. The predicted octanol–water partition coefficient (Wildman–Crippen LogP) is 6.22. The van der Waals surface area contributed by atoms with Crippen LogP contribution < -0.4 is 9.47 Å². The van der Waals surface area contributed by atoms with Gasteiger partial charge in [-0.25, -0.2) is 0 Å². The lowest BCUT2D eigenvalue weighted by Crippen LogP contribution is -2.25. The molecule has 0 amide bonds. The van der Waals surface area contributed by atoms with E-state index in [0.29, 0.717) is 11.5 Å². The van der Waals surface area contributed by atoms with Gasteiger partial charge < -0.3 is 9.47 Å². The highest BCUT2D eigenvalue weighted by Gasteiger charge is 2.29. The Bertz CT molecular complexity index is 1130. The van der Waals surface area contributed by atoms with E-state index in [9.17, 15) is 0 Å². The Morgan fingerprint density at radius 1 is 0.719 bits per heavy atom. The van der Waals surface area contributed by atoms with E-state index >= 15 is 0 Å². The standard InChI is InChI=1S/C28H22N2O2/c29-20-31-26-10-6-22(7-11-26)18-28(19-23-8-12-27(13-9-23)32-21-30)16-14-25(15-17-28)24-4-2-1-3-5-24/h1-16H,17-19H2. The minimum Gasteiger partial charge on any atom is -0.388 e. The second kappa shape index (κ2) is 9.69. The normalized spacial score (nSPS) is 14.0. The van der Waals surface area contributed by atoms with Crippen molar-refractivity contribution in [3.05, 3.63) is 114 Å². The van der Waals surface area contributed by atoms with E-state index in [1.54, 1.807) is 12.5 Å². The van der Waals surface area contributed by atoms with Crippen molar-refractivity contribution in [2.24, 2.45) is 5.41 Å². The molecule has 1 aliphatic rings. The average Bonchev–Trinajstić information content (AvgIpc) is 2.83. The number of rotatable bonds is 7. The van der Waals surface area contributed by atoms with Gasteiger partial charge in [0.25, 0.3) is 12.5 Å². The molecule has 0 bridgehead atoms. The molecule has 0 unspecified atom stereocenters. The predicted molar refractivity (Wildman–Crippen MR) is 123 cm³/mol. The smallest absolute Gasteiger partial charge is 0.292 e. The Hall–Kier alpha value is -4.28. The van der Waals surface area contributed by atoms with Crippen molar-refractivity contribution in [1.29, 1.82) is 10.5 Å². The molecule has 0 N–H and O–H groups in total. The minimum absolute atomic E-state index is 0.0898. The zero-order valence-corrected chi connectivity index (χ0v) is 17.6. The van der Waals surface area contributed by atoms with Gasteiger partial charge in [-0.15, -0.1) is 10.5 Å². The maximum atomic E-state index is 8.71. The first-order valence-electron chi connectivity index (χ1n) is 10.4. The van der Waals surface area contributed by atoms with Crippen LogP contribution >= 0.6 is 0 Å². The van der Waals surface area contributed by atoms with E-state index in [0.717, 1.165) is 19.3 Å². The van der Waals surface area contributed by atoms with Crippen molar-refractivity contribution < 1.29 is 9.47 Å². The molecule has 1 aliphatic carbocycles. The number of benzene rings is 3. The molecule has 0 saturated carbocycles. The number of hydrogen-bond donors (Lipinski definition) is 0. The van der Waals surface area contributed by atoms with Crippen molar-refractivity contribution in [1.82, 2.24) is 0 Å². The molecule has 0 heterocycles. The molecule has 0 radical (unpaired) electrons. The maximum Gasteiger partial charge on any atom is 0.292 e. The monoisotopic (exact) mass is 418 g/mol. The molecule has 4 nitrogen and oxygen atoms in total. The topological polar surface area (TPSA) is 66.0 Å². The van der Waals surface area contributed by atoms with Crippen LogP contribution in [0.2, 0.25) is 0 Å². The summed E-state index contributed by atoms with van der Waals surface area (Å²) in [7, 11) is 0. The van der Waals surface area contributed by atoms with E-state index < -0.39 is 0 Å². The van der Waals surface area contributed by atoms with Crippen LogP contribution in [0.15, 0.2) is 97.1 Å². The quantitative estimate of drug-likeness (QED) is 0.427. The van der Waals surface area contributed by atoms with E-state index in [2.05, 4.69) is 42.5 Å². The molecular formula is C28H22N2O2. The molecule has 0 atom stereocenters. The lowest BCUT2D eigenvalue weighted by atomic mass is 9.71. The first-order chi connectivity index (χ1) is 15.7. The molecule has 3 aromatic rings. The number of nitriles is 2. The van der Waals surface area contributed by atoms with Gasteiger partial charge in [0, 0.05) is 5.41 Å². The minimum atomic E-state index is -0.0898. The highest BCUT2D eigenvalue weighted by atomic mass is 16.5. The SMILES string of the molecule is N#COc1ccc(CC2(Cc3ccc(OC#N)cc3)C=CC(c3ccccc3)=CC2)cc1. The first kappa shape index (κ1) is 21.0. The van der Waals surface area contributed by atoms with Crippen LogP contribution in [0.1, 0.15) is 23.1 Å². The van der Waals surface area contributed by atoms with Crippen molar-refractivity contribution in [3.8, 4) is 24.0 Å². The second-order valence-electron chi connectivity index (χ2n) is 7.95. The van der Waals surface area contributed by atoms with Gasteiger partial charge >= 0.3 is 0 Å². The van der Waals surface area contributed by atoms with Crippen molar-refractivity contribution in [2.75, 3.05) is 0 Å². The Kier molecular flexibility index (Phi) is 6.35. The molecule has 0 spiro atoms. The third-order valence-electron chi connectivity index (χ3n) is 5.74. The third kappa shape index (κ3) is 5.06. The molecular weight excluding hydrogens is 396 g/mol. The highest BCUT2D eigenvalue weighted by molar-refractivity contribution is 5.75. The third-order valence-corrected chi connectivity index (χ3v) is 5.74. The molecule has 4 heteroatoms. The molecule has 0 saturated heterocycles. The Morgan fingerprint density at radius 3 is 1.69 bits per heavy atom. The number of hydrogen-bond acceptors (Lipinski definition) is 4. The Balaban J connectivity index is 1.59. The molecule has 0 aromatic heterocycles.